The molecule has 4 rings (SSSR count). The van der Waals surface area contributed by atoms with E-state index in [0.29, 0.717) is 17.9 Å². The molecule has 1 aromatic heterocycles. The second-order valence-electron chi connectivity index (χ2n) is 10.5. The third-order valence-electron chi connectivity index (χ3n) is 6.80. The summed E-state index contributed by atoms with van der Waals surface area (Å²) in [6.07, 6.45) is 6.81. The van der Waals surface area contributed by atoms with Gasteiger partial charge in [-0.3, -0.25) is 9.78 Å². The average molecular weight is 508 g/mol. The van der Waals surface area contributed by atoms with E-state index >= 15 is 0 Å². The zero-order valence-electron chi connectivity index (χ0n) is 22.3. The summed E-state index contributed by atoms with van der Waals surface area (Å²) in [6.45, 7) is 10.6. The number of nitrogens with zero attached hydrogens (tertiary/aromatic N) is 1. The Labute approximate surface area is 226 Å². The highest BCUT2D eigenvalue weighted by Crippen LogP contribution is 2.35. The van der Waals surface area contributed by atoms with Gasteiger partial charge in [0.05, 0.1) is 0 Å². The number of allylic oxidation sites excluding steroid dienone is 2. The summed E-state index contributed by atoms with van der Waals surface area (Å²) in [7, 11) is 0. The number of Topliss-reactive ketones (excluding diaryl/α,β-unsaturated/α-hetero) is 1. The van der Waals surface area contributed by atoms with Crippen molar-refractivity contribution in [3.63, 3.8) is 0 Å². The van der Waals surface area contributed by atoms with Gasteiger partial charge in [0.15, 0.2) is 5.78 Å². The van der Waals surface area contributed by atoms with E-state index in [1.807, 2.05) is 32.0 Å². The molecule has 4 aromatic rings. The van der Waals surface area contributed by atoms with Crippen LogP contribution >= 0.6 is 11.6 Å². The Morgan fingerprint density at radius 1 is 0.865 bits per heavy atom. The van der Waals surface area contributed by atoms with Crippen LogP contribution in [0.25, 0.3) is 27.8 Å². The number of halogens is 1. The van der Waals surface area contributed by atoms with Gasteiger partial charge in [-0.25, -0.2) is 0 Å². The fourth-order valence-electron chi connectivity index (χ4n) is 4.50. The van der Waals surface area contributed by atoms with Crippen molar-refractivity contribution >= 4 is 23.0 Å². The molecule has 0 atom stereocenters. The molecule has 3 aromatic carbocycles. The normalized spacial score (nSPS) is 12.0. The second kappa shape index (κ2) is 11.3. The van der Waals surface area contributed by atoms with Gasteiger partial charge in [-0.1, -0.05) is 93.9 Å². The summed E-state index contributed by atoms with van der Waals surface area (Å²) in [4.78, 5) is 17.2. The van der Waals surface area contributed by atoms with Crippen LogP contribution in [-0.2, 0) is 16.6 Å². The smallest absolute Gasteiger partial charge is 0.162 e. The first-order chi connectivity index (χ1) is 17.7. The Morgan fingerprint density at radius 3 is 2.05 bits per heavy atom. The molecule has 2 nitrogen and oxygen atoms in total. The first-order valence-corrected chi connectivity index (χ1v) is 13.2. The Morgan fingerprint density at radius 2 is 1.46 bits per heavy atom. The molecule has 0 amide bonds. The number of hydrogen-bond donors (Lipinski definition) is 0. The highest BCUT2D eigenvalue weighted by Gasteiger charge is 2.17. The predicted octanol–water partition coefficient (Wildman–Crippen LogP) is 9.28. The van der Waals surface area contributed by atoms with E-state index in [0.717, 1.165) is 39.0 Å². The monoisotopic (exact) mass is 507 g/mol. The molecule has 0 aliphatic carbocycles. The molecule has 0 aliphatic heterocycles. The molecule has 0 aliphatic rings. The molecule has 0 saturated carbocycles. The lowest BCUT2D eigenvalue weighted by molar-refractivity contribution is -0.113. The standard InChI is InChI=1S/C34H34ClNO/c1-6-33(37)29(16-9-24-7-14-28(15-8-24)34(3,4)5)30-22-31(32(35)21-23(30)2)27-12-10-25(11-13-27)26-17-19-36-20-18-26/h7-8,10-22H,6,9H2,1-5H3/b29-16-. The van der Waals surface area contributed by atoms with Crippen molar-refractivity contribution in [3.8, 4) is 22.3 Å². The number of aryl methyl sites for hydroxylation is 1. The van der Waals surface area contributed by atoms with Crippen molar-refractivity contribution in [2.45, 2.75) is 52.9 Å². The maximum atomic E-state index is 13.1. The molecule has 0 radical (unpaired) electrons. The highest BCUT2D eigenvalue weighted by molar-refractivity contribution is 6.33. The molecular weight excluding hydrogens is 474 g/mol. The van der Waals surface area contributed by atoms with Crippen molar-refractivity contribution in [1.29, 1.82) is 0 Å². The van der Waals surface area contributed by atoms with Gasteiger partial charge in [0.25, 0.3) is 0 Å². The summed E-state index contributed by atoms with van der Waals surface area (Å²) < 4.78 is 0. The van der Waals surface area contributed by atoms with Gasteiger partial charge in [-0.05, 0) is 82.0 Å². The van der Waals surface area contributed by atoms with Crippen LogP contribution in [0.1, 0.15) is 56.4 Å². The fourth-order valence-corrected chi connectivity index (χ4v) is 4.82. The van der Waals surface area contributed by atoms with Gasteiger partial charge < -0.3 is 0 Å². The van der Waals surface area contributed by atoms with Gasteiger partial charge in [0, 0.05) is 35.0 Å². The van der Waals surface area contributed by atoms with E-state index in [2.05, 4.69) is 86.4 Å². The van der Waals surface area contributed by atoms with E-state index in [4.69, 9.17) is 11.6 Å². The maximum Gasteiger partial charge on any atom is 0.162 e. The maximum absolute atomic E-state index is 13.1. The molecule has 0 fully saturated rings. The van der Waals surface area contributed by atoms with Crippen molar-refractivity contribution in [3.05, 3.63) is 119 Å². The molecule has 3 heteroatoms. The number of aromatic nitrogens is 1. The third kappa shape index (κ3) is 6.26. The summed E-state index contributed by atoms with van der Waals surface area (Å²) in [6, 6.07) is 25.1. The molecule has 37 heavy (non-hydrogen) atoms. The van der Waals surface area contributed by atoms with Crippen LogP contribution in [0, 0.1) is 6.92 Å². The number of carbonyl (C=O) groups is 1. The number of ketones is 1. The number of benzene rings is 3. The van der Waals surface area contributed by atoms with Crippen LogP contribution in [0.2, 0.25) is 5.02 Å². The first kappa shape index (κ1) is 26.6. The third-order valence-corrected chi connectivity index (χ3v) is 7.11. The van der Waals surface area contributed by atoms with Crippen LogP contribution in [0.4, 0.5) is 0 Å². The fraction of sp³-hybridized carbons (Fsp3) is 0.235. The van der Waals surface area contributed by atoms with E-state index in [1.54, 1.807) is 12.4 Å². The van der Waals surface area contributed by atoms with Crippen molar-refractivity contribution in [2.75, 3.05) is 0 Å². The van der Waals surface area contributed by atoms with Gasteiger partial charge in [-0.15, -0.1) is 0 Å². The van der Waals surface area contributed by atoms with E-state index in [9.17, 15) is 4.79 Å². The van der Waals surface area contributed by atoms with E-state index < -0.39 is 0 Å². The molecule has 1 heterocycles. The average Bonchev–Trinajstić information content (AvgIpc) is 2.90. The largest absolute Gasteiger partial charge is 0.294 e. The van der Waals surface area contributed by atoms with Crippen LogP contribution in [0.15, 0.2) is 91.3 Å². The zero-order valence-corrected chi connectivity index (χ0v) is 23.1. The Kier molecular flexibility index (Phi) is 8.10. The Bertz CT molecular complexity index is 1410. The molecule has 0 N–H and O–H groups in total. The van der Waals surface area contributed by atoms with Crippen LogP contribution < -0.4 is 0 Å². The second-order valence-corrected chi connectivity index (χ2v) is 10.9. The summed E-state index contributed by atoms with van der Waals surface area (Å²) in [5.41, 5.74) is 9.48. The van der Waals surface area contributed by atoms with Crippen LogP contribution in [0.3, 0.4) is 0 Å². The molecule has 188 valence electrons. The summed E-state index contributed by atoms with van der Waals surface area (Å²) >= 11 is 6.72. The Hall–Kier alpha value is -3.49. The minimum absolute atomic E-state index is 0.116. The van der Waals surface area contributed by atoms with Gasteiger partial charge >= 0.3 is 0 Å². The summed E-state index contributed by atoms with van der Waals surface area (Å²) in [5, 5.41) is 0.680. The lowest BCUT2D eigenvalue weighted by Gasteiger charge is -2.19. The topological polar surface area (TPSA) is 30.0 Å². The van der Waals surface area contributed by atoms with Gasteiger partial charge in [0.1, 0.15) is 0 Å². The number of rotatable bonds is 7. The number of hydrogen-bond acceptors (Lipinski definition) is 2. The molecule has 0 spiro atoms. The Balaban J connectivity index is 1.68. The molecule has 0 unspecified atom stereocenters. The molecule has 0 saturated heterocycles. The lowest BCUT2D eigenvalue weighted by atomic mass is 9.86. The van der Waals surface area contributed by atoms with Crippen molar-refractivity contribution < 1.29 is 4.79 Å². The van der Waals surface area contributed by atoms with Crippen LogP contribution in [0.5, 0.6) is 0 Å². The molecule has 0 bridgehead atoms. The van der Waals surface area contributed by atoms with Gasteiger partial charge in [0.2, 0.25) is 0 Å². The quantitative estimate of drug-likeness (QED) is 0.233. The SMILES string of the molecule is CCC(=O)/C(=C\Cc1ccc(C(C)(C)C)cc1)c1cc(-c2ccc(-c3ccncc3)cc2)c(Cl)cc1C. The van der Waals surface area contributed by atoms with E-state index in [-0.39, 0.29) is 11.2 Å². The minimum atomic E-state index is 0.116. The van der Waals surface area contributed by atoms with Crippen LogP contribution in [-0.4, -0.2) is 10.8 Å². The van der Waals surface area contributed by atoms with Crippen molar-refractivity contribution in [2.24, 2.45) is 0 Å². The van der Waals surface area contributed by atoms with Gasteiger partial charge in [-0.2, -0.15) is 0 Å². The van der Waals surface area contributed by atoms with Crippen molar-refractivity contribution in [1.82, 2.24) is 4.98 Å². The molecular formula is C34H34ClNO. The minimum Gasteiger partial charge on any atom is -0.294 e. The number of pyridine rings is 1. The zero-order chi connectivity index (χ0) is 26.6. The summed E-state index contributed by atoms with van der Waals surface area (Å²) in [5.74, 6) is 0.135. The lowest BCUT2D eigenvalue weighted by Crippen LogP contribution is -2.10. The van der Waals surface area contributed by atoms with E-state index in [1.165, 1.54) is 11.1 Å². The first-order valence-electron chi connectivity index (χ1n) is 12.8. The number of carbonyl (C=O) groups excluding carboxylic acids is 1. The predicted molar refractivity (Wildman–Crippen MR) is 157 cm³/mol. The highest BCUT2D eigenvalue weighted by atomic mass is 35.5.